The van der Waals surface area contributed by atoms with Crippen molar-refractivity contribution in [2.24, 2.45) is 0 Å². The number of allylic oxidation sites excluding steroid dienone is 1. The largest absolute Gasteiger partial charge is 0.507 e. The lowest BCUT2D eigenvalue weighted by molar-refractivity contribution is 0.248. The highest BCUT2D eigenvalue weighted by atomic mass is 16.5. The summed E-state index contributed by atoms with van der Waals surface area (Å²) in [6.07, 6.45) is 2.20. The smallest absolute Gasteiger partial charge is 0.196 e. The van der Waals surface area contributed by atoms with Gasteiger partial charge in [-0.3, -0.25) is 4.79 Å². The van der Waals surface area contributed by atoms with Crippen LogP contribution in [0.25, 0.3) is 11.0 Å². The molecular formula is C15H14O6. The monoisotopic (exact) mass is 290 g/mol. The van der Waals surface area contributed by atoms with Crippen LogP contribution in [-0.2, 0) is 13.0 Å². The average molecular weight is 290 g/mol. The van der Waals surface area contributed by atoms with Gasteiger partial charge in [0.25, 0.3) is 0 Å². The summed E-state index contributed by atoms with van der Waals surface area (Å²) in [5, 5.41) is 28.4. The van der Waals surface area contributed by atoms with Gasteiger partial charge < -0.3 is 24.5 Å². The molecule has 0 atom stereocenters. The number of aromatic hydroxyl groups is 1. The predicted molar refractivity (Wildman–Crippen MR) is 74.4 cm³/mol. The summed E-state index contributed by atoms with van der Waals surface area (Å²) >= 11 is 0. The van der Waals surface area contributed by atoms with Crippen molar-refractivity contribution in [3.8, 4) is 11.5 Å². The lowest BCUT2D eigenvalue weighted by Crippen LogP contribution is -2.06. The van der Waals surface area contributed by atoms with Crippen molar-refractivity contribution in [3.63, 3.8) is 0 Å². The molecule has 2 heterocycles. The van der Waals surface area contributed by atoms with Crippen LogP contribution in [0.3, 0.4) is 0 Å². The Morgan fingerprint density at radius 1 is 1.19 bits per heavy atom. The van der Waals surface area contributed by atoms with Gasteiger partial charge in [0.1, 0.15) is 41.4 Å². The minimum Gasteiger partial charge on any atom is -0.507 e. The number of aliphatic hydroxyl groups is 2. The molecule has 1 aromatic heterocycles. The molecule has 0 bridgehead atoms. The lowest BCUT2D eigenvalue weighted by Gasteiger charge is -2.11. The van der Waals surface area contributed by atoms with Crippen molar-refractivity contribution >= 4 is 11.0 Å². The number of fused-ring (bicyclic) bond motifs is 3. The van der Waals surface area contributed by atoms with Crippen LogP contribution in [0.1, 0.15) is 11.3 Å². The molecule has 1 aliphatic rings. The quantitative estimate of drug-likeness (QED) is 0.709. The van der Waals surface area contributed by atoms with Gasteiger partial charge in [0.05, 0.1) is 6.61 Å². The fourth-order valence-corrected chi connectivity index (χ4v) is 2.38. The predicted octanol–water partition coefficient (Wildman–Crippen LogP) is 0.844. The summed E-state index contributed by atoms with van der Waals surface area (Å²) in [4.78, 5) is 12.0. The van der Waals surface area contributed by atoms with Gasteiger partial charge >= 0.3 is 0 Å². The van der Waals surface area contributed by atoms with E-state index in [1.165, 1.54) is 6.07 Å². The Balaban J connectivity index is 2.31. The van der Waals surface area contributed by atoms with Crippen molar-refractivity contribution in [1.29, 1.82) is 0 Å². The Morgan fingerprint density at radius 2 is 2.00 bits per heavy atom. The third-order valence-electron chi connectivity index (χ3n) is 3.46. The molecule has 0 fully saturated rings. The number of rotatable bonds is 2. The van der Waals surface area contributed by atoms with Gasteiger partial charge in [-0.2, -0.15) is 0 Å². The molecule has 21 heavy (non-hydrogen) atoms. The van der Waals surface area contributed by atoms with Crippen LogP contribution in [0.2, 0.25) is 0 Å². The van der Waals surface area contributed by atoms with E-state index in [4.69, 9.17) is 14.3 Å². The molecule has 0 radical (unpaired) electrons. The summed E-state index contributed by atoms with van der Waals surface area (Å²) in [6.45, 7) is -0.323. The van der Waals surface area contributed by atoms with Crippen molar-refractivity contribution in [1.82, 2.24) is 0 Å². The van der Waals surface area contributed by atoms with Crippen LogP contribution in [-0.4, -0.2) is 28.5 Å². The molecule has 0 saturated carbocycles. The Hall–Kier alpha value is -2.31. The van der Waals surface area contributed by atoms with Gasteiger partial charge in [-0.1, -0.05) is 6.08 Å². The van der Waals surface area contributed by atoms with Crippen LogP contribution in [0.5, 0.6) is 11.5 Å². The van der Waals surface area contributed by atoms with E-state index in [-0.39, 0.29) is 35.7 Å². The second kappa shape index (κ2) is 5.23. The first-order valence-electron chi connectivity index (χ1n) is 6.48. The van der Waals surface area contributed by atoms with Crippen molar-refractivity contribution in [3.05, 3.63) is 45.3 Å². The van der Waals surface area contributed by atoms with Crippen LogP contribution in [0.4, 0.5) is 0 Å². The normalized spacial score (nSPS) is 14.3. The first kappa shape index (κ1) is 13.7. The third-order valence-corrected chi connectivity index (χ3v) is 3.46. The molecule has 110 valence electrons. The van der Waals surface area contributed by atoms with Crippen LogP contribution in [0, 0.1) is 0 Å². The lowest BCUT2D eigenvalue weighted by atomic mass is 10.0. The second-order valence-electron chi connectivity index (χ2n) is 4.82. The number of hydrogen-bond donors (Lipinski definition) is 3. The van der Waals surface area contributed by atoms with Gasteiger partial charge in [-0.25, -0.2) is 0 Å². The minimum atomic E-state index is -0.420. The highest BCUT2D eigenvalue weighted by molar-refractivity contribution is 5.88. The zero-order chi connectivity index (χ0) is 15.0. The van der Waals surface area contributed by atoms with E-state index < -0.39 is 12.0 Å². The van der Waals surface area contributed by atoms with Crippen molar-refractivity contribution in [2.45, 2.75) is 13.0 Å². The molecule has 0 amide bonds. The molecule has 6 heteroatoms. The van der Waals surface area contributed by atoms with E-state index >= 15 is 0 Å². The number of phenolic OH excluding ortho intramolecular Hbond substituents is 1. The average Bonchev–Trinajstić information content (AvgIpc) is 2.68. The molecule has 1 aliphatic heterocycles. The van der Waals surface area contributed by atoms with Gasteiger partial charge in [0.2, 0.25) is 0 Å². The summed E-state index contributed by atoms with van der Waals surface area (Å²) in [5.41, 5.74) is 1.10. The van der Waals surface area contributed by atoms with Crippen LogP contribution < -0.4 is 10.2 Å². The highest BCUT2D eigenvalue weighted by Crippen LogP contribution is 2.36. The highest BCUT2D eigenvalue weighted by Gasteiger charge is 2.20. The molecule has 3 rings (SSSR count). The van der Waals surface area contributed by atoms with Crippen molar-refractivity contribution in [2.75, 3.05) is 13.2 Å². The third kappa shape index (κ3) is 2.28. The second-order valence-corrected chi connectivity index (χ2v) is 4.82. The molecule has 0 saturated heterocycles. The maximum atomic E-state index is 12.0. The summed E-state index contributed by atoms with van der Waals surface area (Å²) < 4.78 is 11.1. The zero-order valence-electron chi connectivity index (χ0n) is 11.1. The Morgan fingerprint density at radius 3 is 2.71 bits per heavy atom. The van der Waals surface area contributed by atoms with E-state index in [1.54, 1.807) is 6.08 Å². The molecule has 0 unspecified atom stereocenters. The molecule has 6 nitrogen and oxygen atoms in total. The number of aliphatic hydroxyl groups excluding tert-OH is 2. The number of phenols is 1. The van der Waals surface area contributed by atoms with Gasteiger partial charge in [0, 0.05) is 17.7 Å². The Kier molecular flexibility index (Phi) is 3.40. The molecule has 0 spiro atoms. The first-order chi connectivity index (χ1) is 10.1. The maximum Gasteiger partial charge on any atom is 0.196 e. The summed E-state index contributed by atoms with van der Waals surface area (Å²) in [7, 11) is 0. The molecule has 0 aliphatic carbocycles. The summed E-state index contributed by atoms with van der Waals surface area (Å²) in [6, 6.07) is 2.53. The molecule has 2 aromatic rings. The van der Waals surface area contributed by atoms with E-state index in [0.29, 0.717) is 23.3 Å². The summed E-state index contributed by atoms with van der Waals surface area (Å²) in [5.74, 6) is 0.295. The molecular weight excluding hydrogens is 276 g/mol. The van der Waals surface area contributed by atoms with Crippen molar-refractivity contribution < 1.29 is 24.5 Å². The Labute approximate surface area is 119 Å². The minimum absolute atomic E-state index is 0.0652. The van der Waals surface area contributed by atoms with Crippen LogP contribution in [0.15, 0.2) is 33.0 Å². The number of hydrogen-bond acceptors (Lipinski definition) is 6. The topological polar surface area (TPSA) is 100 Å². The van der Waals surface area contributed by atoms with Gasteiger partial charge in [-0.05, 0) is 12.0 Å². The van der Waals surface area contributed by atoms with E-state index in [1.807, 2.05) is 0 Å². The standard InChI is InChI=1S/C15H14O6/c16-5-8-1-2-10-13(20-7-8)4-12(19)14-11(18)3-9(6-17)21-15(10)14/h1,3-4,16-17,19H,2,5-7H2. The van der Waals surface area contributed by atoms with E-state index in [9.17, 15) is 15.0 Å². The fourth-order valence-electron chi connectivity index (χ4n) is 2.38. The van der Waals surface area contributed by atoms with E-state index in [2.05, 4.69) is 0 Å². The molecule has 1 aromatic carbocycles. The SMILES string of the molecule is O=c1cc(CO)oc2c3c(cc(O)c12)OCC(CO)=CC3. The van der Waals surface area contributed by atoms with E-state index in [0.717, 1.165) is 6.07 Å². The maximum absolute atomic E-state index is 12.0. The number of ether oxygens (including phenoxy) is 1. The zero-order valence-corrected chi connectivity index (χ0v) is 11.1. The Bertz CT molecular complexity index is 787. The fraction of sp³-hybridized carbons (Fsp3) is 0.267. The molecule has 3 N–H and O–H groups in total. The first-order valence-corrected chi connectivity index (χ1v) is 6.48. The van der Waals surface area contributed by atoms with Gasteiger partial charge in [0.15, 0.2) is 5.43 Å². The van der Waals surface area contributed by atoms with Gasteiger partial charge in [-0.15, -0.1) is 0 Å². The van der Waals surface area contributed by atoms with Crippen LogP contribution >= 0.6 is 0 Å². The number of benzene rings is 1.